The third-order valence-corrected chi connectivity index (χ3v) is 3.99. The van der Waals surface area contributed by atoms with Crippen LogP contribution in [0.4, 0.5) is 0 Å². The molecule has 0 aliphatic heterocycles. The molecular formula is C15H22N6O. The minimum atomic E-state index is -0.0981. The van der Waals surface area contributed by atoms with Crippen LogP contribution in [0.5, 0.6) is 0 Å². The lowest BCUT2D eigenvalue weighted by molar-refractivity contribution is -0.125. The first kappa shape index (κ1) is 14.7. The van der Waals surface area contributed by atoms with E-state index in [1.54, 1.807) is 6.33 Å². The van der Waals surface area contributed by atoms with Gasteiger partial charge in [-0.15, -0.1) is 0 Å². The van der Waals surface area contributed by atoms with E-state index in [1.807, 2.05) is 0 Å². The molecule has 0 radical (unpaired) electrons. The van der Waals surface area contributed by atoms with Crippen LogP contribution in [0.15, 0.2) is 6.33 Å². The maximum Gasteiger partial charge on any atom is 0.223 e. The van der Waals surface area contributed by atoms with Gasteiger partial charge in [0.15, 0.2) is 5.82 Å². The summed E-state index contributed by atoms with van der Waals surface area (Å²) in [5, 5.41) is 10.0. The summed E-state index contributed by atoms with van der Waals surface area (Å²) in [6, 6.07) is 0. The van der Waals surface area contributed by atoms with Crippen molar-refractivity contribution in [1.82, 2.24) is 30.5 Å². The third-order valence-electron chi connectivity index (χ3n) is 3.99. The smallest absolute Gasteiger partial charge is 0.223 e. The second kappa shape index (κ2) is 5.55. The highest BCUT2D eigenvalue weighted by Gasteiger charge is 2.26. The molecule has 7 nitrogen and oxygen atoms in total. The van der Waals surface area contributed by atoms with E-state index >= 15 is 0 Å². The molecule has 1 aliphatic carbocycles. The molecule has 2 aromatic rings. The van der Waals surface area contributed by atoms with Crippen LogP contribution in [0.25, 0.3) is 0 Å². The van der Waals surface area contributed by atoms with Gasteiger partial charge in [-0.25, -0.2) is 9.97 Å². The first-order valence-corrected chi connectivity index (χ1v) is 7.64. The molecular weight excluding hydrogens is 280 g/mol. The van der Waals surface area contributed by atoms with Crippen LogP contribution in [0.2, 0.25) is 0 Å². The van der Waals surface area contributed by atoms with E-state index in [9.17, 15) is 4.79 Å². The normalized spacial score (nSPS) is 18.0. The number of aryl methyl sites for hydroxylation is 1. The summed E-state index contributed by atoms with van der Waals surface area (Å²) < 4.78 is 0. The van der Waals surface area contributed by atoms with Crippen LogP contribution in [0, 0.1) is 5.92 Å². The van der Waals surface area contributed by atoms with Crippen molar-refractivity contribution in [3.8, 4) is 0 Å². The zero-order valence-electron chi connectivity index (χ0n) is 13.2. The summed E-state index contributed by atoms with van der Waals surface area (Å²) in [5.74, 6) is 1.51. The van der Waals surface area contributed by atoms with E-state index in [-0.39, 0.29) is 17.2 Å². The number of carbonyl (C=O) groups excluding carboxylic acids is 1. The van der Waals surface area contributed by atoms with Gasteiger partial charge in [0.2, 0.25) is 5.91 Å². The van der Waals surface area contributed by atoms with Gasteiger partial charge in [0.05, 0.1) is 18.6 Å². The van der Waals surface area contributed by atoms with Gasteiger partial charge < -0.3 is 10.3 Å². The molecule has 0 spiro atoms. The zero-order valence-corrected chi connectivity index (χ0v) is 13.2. The van der Waals surface area contributed by atoms with Crippen molar-refractivity contribution < 1.29 is 4.79 Å². The number of aromatic amines is 2. The molecule has 1 unspecified atom stereocenters. The summed E-state index contributed by atoms with van der Waals surface area (Å²) in [6.45, 7) is 6.56. The highest BCUT2D eigenvalue weighted by molar-refractivity contribution is 5.79. The fourth-order valence-electron chi connectivity index (χ4n) is 2.65. The molecule has 22 heavy (non-hydrogen) atoms. The number of carbonyl (C=O) groups is 1. The van der Waals surface area contributed by atoms with Crippen molar-refractivity contribution in [1.29, 1.82) is 0 Å². The largest absolute Gasteiger partial charge is 0.349 e. The number of hydrogen-bond acceptors (Lipinski definition) is 4. The number of rotatable bonds is 3. The molecule has 0 saturated heterocycles. The first-order valence-electron chi connectivity index (χ1n) is 7.64. The summed E-state index contributed by atoms with van der Waals surface area (Å²) in [7, 11) is 0. The molecule has 118 valence electrons. The summed E-state index contributed by atoms with van der Waals surface area (Å²) in [6.07, 6.45) is 4.12. The predicted molar refractivity (Wildman–Crippen MR) is 81.0 cm³/mol. The van der Waals surface area contributed by atoms with Gasteiger partial charge in [0.1, 0.15) is 5.82 Å². The van der Waals surface area contributed by atoms with Crippen molar-refractivity contribution in [3.63, 3.8) is 0 Å². The summed E-state index contributed by atoms with van der Waals surface area (Å²) >= 11 is 0. The van der Waals surface area contributed by atoms with Gasteiger partial charge in [-0.2, -0.15) is 5.10 Å². The molecule has 0 fully saturated rings. The Labute approximate surface area is 129 Å². The molecule has 1 atom stereocenters. The number of hydrogen-bond donors (Lipinski definition) is 3. The number of nitrogens with zero attached hydrogens (tertiary/aromatic N) is 3. The Hall–Kier alpha value is -2.18. The average Bonchev–Trinajstić information content (AvgIpc) is 3.12. The van der Waals surface area contributed by atoms with Gasteiger partial charge in [0.25, 0.3) is 0 Å². The summed E-state index contributed by atoms with van der Waals surface area (Å²) in [5.41, 5.74) is 2.08. The lowest BCUT2D eigenvalue weighted by Gasteiger charge is -2.20. The maximum atomic E-state index is 12.3. The highest BCUT2D eigenvalue weighted by atomic mass is 16.1. The number of amides is 1. The van der Waals surface area contributed by atoms with Crippen LogP contribution in [0.3, 0.4) is 0 Å². The standard InChI is InChI=1S/C15H22N6O/c1-15(2,3)14-19-12(20-21-14)7-16-13(22)9-4-5-10-11(6-9)18-8-17-10/h8-9H,4-7H2,1-3H3,(H,16,22)(H,17,18)(H,19,20,21). The van der Waals surface area contributed by atoms with Crippen LogP contribution < -0.4 is 5.32 Å². The van der Waals surface area contributed by atoms with Crippen LogP contribution in [-0.4, -0.2) is 31.1 Å². The van der Waals surface area contributed by atoms with Crippen molar-refractivity contribution in [2.75, 3.05) is 0 Å². The van der Waals surface area contributed by atoms with Crippen LogP contribution >= 0.6 is 0 Å². The van der Waals surface area contributed by atoms with Gasteiger partial charge in [-0.3, -0.25) is 9.89 Å². The van der Waals surface area contributed by atoms with Crippen LogP contribution in [0.1, 0.15) is 50.2 Å². The van der Waals surface area contributed by atoms with Crippen LogP contribution in [-0.2, 0) is 29.6 Å². The Bertz CT molecular complexity index is 666. The van der Waals surface area contributed by atoms with E-state index in [2.05, 4.69) is 51.2 Å². The minimum absolute atomic E-state index is 0.00189. The molecule has 1 amide bonds. The molecule has 3 N–H and O–H groups in total. The molecule has 1 aliphatic rings. The zero-order chi connectivity index (χ0) is 15.7. The molecule has 3 rings (SSSR count). The second-order valence-electron chi connectivity index (χ2n) is 6.84. The second-order valence-corrected chi connectivity index (χ2v) is 6.84. The lowest BCUT2D eigenvalue weighted by atomic mass is 9.89. The van der Waals surface area contributed by atoms with E-state index < -0.39 is 0 Å². The lowest BCUT2D eigenvalue weighted by Crippen LogP contribution is -2.34. The minimum Gasteiger partial charge on any atom is -0.349 e. The molecule has 2 aromatic heterocycles. The number of nitrogens with one attached hydrogen (secondary N) is 3. The number of imidazole rings is 1. The third kappa shape index (κ3) is 3.03. The summed E-state index contributed by atoms with van der Waals surface area (Å²) in [4.78, 5) is 24.1. The Balaban J connectivity index is 1.56. The molecule has 0 saturated carbocycles. The monoisotopic (exact) mass is 302 g/mol. The van der Waals surface area contributed by atoms with E-state index in [0.717, 1.165) is 36.5 Å². The quantitative estimate of drug-likeness (QED) is 0.794. The topological polar surface area (TPSA) is 99.4 Å². The average molecular weight is 302 g/mol. The van der Waals surface area contributed by atoms with Gasteiger partial charge in [-0.1, -0.05) is 20.8 Å². The van der Waals surface area contributed by atoms with Crippen molar-refractivity contribution in [2.45, 2.75) is 52.0 Å². The Kier molecular flexibility index (Phi) is 3.72. The van der Waals surface area contributed by atoms with Crippen molar-refractivity contribution in [2.24, 2.45) is 5.92 Å². The predicted octanol–water partition coefficient (Wildman–Crippen LogP) is 1.25. The molecule has 0 aromatic carbocycles. The Morgan fingerprint density at radius 1 is 1.45 bits per heavy atom. The molecule has 7 heteroatoms. The van der Waals surface area contributed by atoms with Crippen molar-refractivity contribution in [3.05, 3.63) is 29.4 Å². The maximum absolute atomic E-state index is 12.3. The number of H-pyrrole nitrogens is 2. The number of aromatic nitrogens is 5. The van der Waals surface area contributed by atoms with E-state index in [1.165, 1.54) is 0 Å². The van der Waals surface area contributed by atoms with Gasteiger partial charge >= 0.3 is 0 Å². The number of fused-ring (bicyclic) bond motifs is 1. The molecule has 2 heterocycles. The SMILES string of the molecule is CC(C)(C)c1n[nH]c(CNC(=O)C2CCc3nc[nH]c3C2)n1. The van der Waals surface area contributed by atoms with E-state index in [0.29, 0.717) is 12.4 Å². The van der Waals surface area contributed by atoms with Gasteiger partial charge in [-0.05, 0) is 12.8 Å². The Morgan fingerprint density at radius 2 is 2.27 bits per heavy atom. The van der Waals surface area contributed by atoms with Gasteiger partial charge in [0, 0.05) is 23.4 Å². The Morgan fingerprint density at radius 3 is 3.00 bits per heavy atom. The fraction of sp³-hybridized carbons (Fsp3) is 0.600. The fourth-order valence-corrected chi connectivity index (χ4v) is 2.65. The highest BCUT2D eigenvalue weighted by Crippen LogP contribution is 2.23. The van der Waals surface area contributed by atoms with Crippen molar-refractivity contribution >= 4 is 5.91 Å². The van der Waals surface area contributed by atoms with E-state index in [4.69, 9.17) is 0 Å². The first-order chi connectivity index (χ1) is 10.4. The molecule has 0 bridgehead atoms.